The second kappa shape index (κ2) is 7.04. The van der Waals surface area contributed by atoms with Crippen LogP contribution in [0.5, 0.6) is 0 Å². The van der Waals surface area contributed by atoms with Crippen molar-refractivity contribution in [1.82, 2.24) is 4.72 Å². The van der Waals surface area contributed by atoms with Gasteiger partial charge in [0.2, 0.25) is 10.0 Å². The molecule has 5 nitrogen and oxygen atoms in total. The molecule has 0 spiro atoms. The van der Waals surface area contributed by atoms with Crippen LogP contribution in [0.2, 0.25) is 0 Å². The Hall–Kier alpha value is -1.70. The van der Waals surface area contributed by atoms with Gasteiger partial charge in [-0.25, -0.2) is 13.1 Å². The Kier molecular flexibility index (Phi) is 5.33. The number of aryl methyl sites for hydroxylation is 1. The van der Waals surface area contributed by atoms with Crippen molar-refractivity contribution in [2.24, 2.45) is 0 Å². The molecule has 1 aromatic heterocycles. The number of ether oxygens (including phenoxy) is 1. The first-order valence-corrected chi connectivity index (χ1v) is 8.98. The number of methoxy groups -OCH3 is 1. The van der Waals surface area contributed by atoms with Gasteiger partial charge in [-0.15, -0.1) is 11.3 Å². The van der Waals surface area contributed by atoms with E-state index in [-0.39, 0.29) is 11.3 Å². The van der Waals surface area contributed by atoms with E-state index in [0.29, 0.717) is 0 Å². The van der Waals surface area contributed by atoms with Crippen LogP contribution < -0.4 is 4.72 Å². The highest BCUT2D eigenvalue weighted by molar-refractivity contribution is 7.89. The highest BCUT2D eigenvalue weighted by Crippen LogP contribution is 2.25. The second-order valence-corrected chi connectivity index (χ2v) is 7.48. The summed E-state index contributed by atoms with van der Waals surface area (Å²) in [4.78, 5) is 12.5. The molecule has 0 saturated carbocycles. The van der Waals surface area contributed by atoms with Crippen LogP contribution in [0.3, 0.4) is 0 Å². The zero-order chi connectivity index (χ0) is 16.2. The summed E-state index contributed by atoms with van der Waals surface area (Å²) in [5.41, 5.74) is 0.975. The molecule has 1 heterocycles. The third-order valence-electron chi connectivity index (χ3n) is 3.11. The number of esters is 1. The van der Waals surface area contributed by atoms with E-state index in [1.54, 1.807) is 30.3 Å². The number of nitrogens with one attached hydrogen (secondary N) is 1. The van der Waals surface area contributed by atoms with Gasteiger partial charge in [-0.3, -0.25) is 4.79 Å². The van der Waals surface area contributed by atoms with E-state index in [2.05, 4.69) is 9.46 Å². The van der Waals surface area contributed by atoms with Gasteiger partial charge in [-0.1, -0.05) is 23.8 Å². The molecule has 0 amide bonds. The number of rotatable bonds is 6. The Labute approximate surface area is 134 Å². The Morgan fingerprint density at radius 2 is 1.95 bits per heavy atom. The fourth-order valence-electron chi connectivity index (χ4n) is 1.91. The van der Waals surface area contributed by atoms with Crippen LogP contribution in [-0.2, 0) is 19.6 Å². The standard InChI is InChI=1S/C15H17NO4S2/c1-11-5-7-12(8-6-11)22(18,19)16-13(10-15(17)20-2)14-4-3-9-21-14/h3-9,13,16H,10H2,1-2H3. The van der Waals surface area contributed by atoms with Crippen molar-refractivity contribution in [2.45, 2.75) is 24.3 Å². The van der Waals surface area contributed by atoms with Gasteiger partial charge in [-0.05, 0) is 30.5 Å². The minimum Gasteiger partial charge on any atom is -0.469 e. The molecule has 0 aliphatic carbocycles. The van der Waals surface area contributed by atoms with Crippen LogP contribution in [-0.4, -0.2) is 21.5 Å². The molecule has 2 rings (SSSR count). The van der Waals surface area contributed by atoms with E-state index >= 15 is 0 Å². The van der Waals surface area contributed by atoms with Gasteiger partial charge in [0.05, 0.1) is 24.5 Å². The first kappa shape index (κ1) is 16.7. The Bertz CT molecular complexity index is 721. The average Bonchev–Trinajstić information content (AvgIpc) is 3.01. The molecule has 22 heavy (non-hydrogen) atoms. The summed E-state index contributed by atoms with van der Waals surface area (Å²) in [6.07, 6.45) is -0.0535. The summed E-state index contributed by atoms with van der Waals surface area (Å²) in [6.45, 7) is 1.88. The number of thiophene rings is 1. The molecular formula is C15H17NO4S2. The minimum atomic E-state index is -3.71. The van der Waals surface area contributed by atoms with Crippen LogP contribution in [0.4, 0.5) is 0 Å². The summed E-state index contributed by atoms with van der Waals surface area (Å²) in [5, 5.41) is 1.83. The van der Waals surface area contributed by atoms with E-state index in [9.17, 15) is 13.2 Å². The fraction of sp³-hybridized carbons (Fsp3) is 0.267. The average molecular weight is 339 g/mol. The number of carbonyl (C=O) groups is 1. The number of hydrogen-bond donors (Lipinski definition) is 1. The monoisotopic (exact) mass is 339 g/mol. The van der Waals surface area contributed by atoms with E-state index in [1.807, 2.05) is 18.4 Å². The van der Waals surface area contributed by atoms with Crippen molar-refractivity contribution in [3.05, 3.63) is 52.2 Å². The van der Waals surface area contributed by atoms with Crippen LogP contribution in [0.25, 0.3) is 0 Å². The van der Waals surface area contributed by atoms with Gasteiger partial charge in [0.25, 0.3) is 0 Å². The lowest BCUT2D eigenvalue weighted by atomic mass is 10.2. The third kappa shape index (κ3) is 4.16. The van der Waals surface area contributed by atoms with Crippen LogP contribution in [0.15, 0.2) is 46.7 Å². The Morgan fingerprint density at radius 1 is 1.27 bits per heavy atom. The van der Waals surface area contributed by atoms with Gasteiger partial charge in [-0.2, -0.15) is 0 Å². The maximum absolute atomic E-state index is 12.5. The van der Waals surface area contributed by atoms with Crippen LogP contribution in [0, 0.1) is 6.92 Å². The predicted molar refractivity (Wildman–Crippen MR) is 85.2 cm³/mol. The van der Waals surface area contributed by atoms with Gasteiger partial charge in [0.1, 0.15) is 0 Å². The topological polar surface area (TPSA) is 72.5 Å². The number of benzene rings is 1. The van der Waals surface area contributed by atoms with Crippen molar-refractivity contribution < 1.29 is 17.9 Å². The minimum absolute atomic E-state index is 0.0535. The summed E-state index contributed by atoms with van der Waals surface area (Å²) in [7, 11) is -2.43. The molecule has 0 aliphatic rings. The molecule has 118 valence electrons. The van der Waals surface area contributed by atoms with E-state index in [1.165, 1.54) is 18.4 Å². The van der Waals surface area contributed by atoms with E-state index in [4.69, 9.17) is 0 Å². The SMILES string of the molecule is COC(=O)CC(NS(=O)(=O)c1ccc(C)cc1)c1cccs1. The van der Waals surface area contributed by atoms with Crippen LogP contribution in [0.1, 0.15) is 22.9 Å². The number of sulfonamides is 1. The third-order valence-corrected chi connectivity index (χ3v) is 5.59. The van der Waals surface area contributed by atoms with Crippen molar-refractivity contribution in [1.29, 1.82) is 0 Å². The molecular weight excluding hydrogens is 322 g/mol. The summed E-state index contributed by atoms with van der Waals surface area (Å²) in [6, 6.07) is 9.51. The Balaban J connectivity index is 2.25. The first-order chi connectivity index (χ1) is 10.4. The van der Waals surface area contributed by atoms with Crippen LogP contribution >= 0.6 is 11.3 Å². The molecule has 1 atom stereocenters. The van der Waals surface area contributed by atoms with Crippen molar-refractivity contribution >= 4 is 27.3 Å². The van der Waals surface area contributed by atoms with Gasteiger partial charge < -0.3 is 4.74 Å². The molecule has 7 heteroatoms. The summed E-state index contributed by atoms with van der Waals surface area (Å²) < 4.78 is 32.1. The van der Waals surface area contributed by atoms with Crippen molar-refractivity contribution in [3.8, 4) is 0 Å². The highest BCUT2D eigenvalue weighted by Gasteiger charge is 2.24. The zero-order valence-electron chi connectivity index (χ0n) is 12.3. The Morgan fingerprint density at radius 3 is 2.50 bits per heavy atom. The predicted octanol–water partition coefficient (Wildman–Crippen LogP) is 2.64. The molecule has 1 unspecified atom stereocenters. The first-order valence-electron chi connectivity index (χ1n) is 6.61. The summed E-state index contributed by atoms with van der Waals surface area (Å²) in [5.74, 6) is -0.468. The van der Waals surface area contributed by atoms with E-state index < -0.39 is 22.0 Å². The van der Waals surface area contributed by atoms with Gasteiger partial charge in [0, 0.05) is 4.88 Å². The largest absolute Gasteiger partial charge is 0.469 e. The molecule has 0 bridgehead atoms. The molecule has 0 radical (unpaired) electrons. The van der Waals surface area contributed by atoms with Crippen molar-refractivity contribution in [2.75, 3.05) is 7.11 Å². The normalized spacial score (nSPS) is 12.8. The maximum atomic E-state index is 12.5. The lowest BCUT2D eigenvalue weighted by Crippen LogP contribution is -2.30. The molecule has 0 saturated heterocycles. The molecule has 2 aromatic rings. The van der Waals surface area contributed by atoms with Gasteiger partial charge in [0.15, 0.2) is 0 Å². The number of carbonyl (C=O) groups excluding carboxylic acids is 1. The second-order valence-electron chi connectivity index (χ2n) is 4.78. The zero-order valence-corrected chi connectivity index (χ0v) is 13.9. The van der Waals surface area contributed by atoms with Crippen molar-refractivity contribution in [3.63, 3.8) is 0 Å². The summed E-state index contributed by atoms with van der Waals surface area (Å²) >= 11 is 1.39. The van der Waals surface area contributed by atoms with Gasteiger partial charge >= 0.3 is 5.97 Å². The highest BCUT2D eigenvalue weighted by atomic mass is 32.2. The molecule has 0 fully saturated rings. The van der Waals surface area contributed by atoms with E-state index in [0.717, 1.165) is 10.4 Å². The quantitative estimate of drug-likeness (QED) is 0.821. The smallest absolute Gasteiger partial charge is 0.307 e. The molecule has 0 aliphatic heterocycles. The molecule has 1 N–H and O–H groups in total. The number of hydrogen-bond acceptors (Lipinski definition) is 5. The fourth-order valence-corrected chi connectivity index (χ4v) is 3.98. The lowest BCUT2D eigenvalue weighted by molar-refractivity contribution is -0.141. The maximum Gasteiger partial charge on any atom is 0.307 e. The molecule has 1 aromatic carbocycles. The lowest BCUT2D eigenvalue weighted by Gasteiger charge is -2.16.